The molecule has 0 spiro atoms. The molecular formula is C21H17F2N3O3. The smallest absolute Gasteiger partial charge is 0.270 e. The van der Waals surface area contributed by atoms with Crippen molar-refractivity contribution < 1.29 is 23.2 Å². The van der Waals surface area contributed by atoms with Gasteiger partial charge in [0.25, 0.3) is 11.8 Å². The summed E-state index contributed by atoms with van der Waals surface area (Å²) in [6.45, 7) is 0. The Balaban J connectivity index is 1.67. The van der Waals surface area contributed by atoms with Gasteiger partial charge in [-0.1, -0.05) is 12.1 Å². The maximum atomic E-state index is 13.3. The van der Waals surface area contributed by atoms with E-state index in [9.17, 15) is 23.2 Å². The minimum Gasteiger partial charge on any atom is -0.354 e. The largest absolute Gasteiger partial charge is 0.354 e. The number of aliphatic imine (C=N–C) groups is 1. The zero-order chi connectivity index (χ0) is 21.0. The molecule has 1 heterocycles. The number of likely N-dealkylation sites (N-methyl/N-ethyl adjacent to an activating group) is 1. The van der Waals surface area contributed by atoms with Crippen molar-refractivity contribution in [3.63, 3.8) is 0 Å². The summed E-state index contributed by atoms with van der Waals surface area (Å²) < 4.78 is 26.5. The van der Waals surface area contributed by atoms with Crippen LogP contribution in [0.25, 0.3) is 0 Å². The number of nitrogens with zero attached hydrogens (tertiary/aromatic N) is 1. The van der Waals surface area contributed by atoms with Crippen LogP contribution in [0.5, 0.6) is 0 Å². The SMILES string of the molecule is CNC(=O)C1=C(C(=O)Nc2ccc(CC(=O)c3cc(F)cc(F)c3)cc2)CC=N1. The predicted octanol–water partition coefficient (Wildman–Crippen LogP) is 2.80. The Bertz CT molecular complexity index is 1020. The van der Waals surface area contributed by atoms with Crippen LogP contribution < -0.4 is 10.6 Å². The monoisotopic (exact) mass is 397 g/mol. The Hall–Kier alpha value is -3.68. The Morgan fingerprint density at radius 1 is 1.00 bits per heavy atom. The van der Waals surface area contributed by atoms with E-state index >= 15 is 0 Å². The number of anilines is 1. The molecule has 0 saturated heterocycles. The highest BCUT2D eigenvalue weighted by molar-refractivity contribution is 6.13. The number of benzene rings is 2. The number of carbonyl (C=O) groups is 3. The van der Waals surface area contributed by atoms with E-state index in [0.29, 0.717) is 17.3 Å². The van der Waals surface area contributed by atoms with Crippen molar-refractivity contribution in [1.82, 2.24) is 5.32 Å². The van der Waals surface area contributed by atoms with Gasteiger partial charge < -0.3 is 10.6 Å². The Labute approximate surface area is 165 Å². The van der Waals surface area contributed by atoms with Crippen LogP contribution in [0.4, 0.5) is 14.5 Å². The number of nitrogens with one attached hydrogen (secondary N) is 2. The quantitative estimate of drug-likeness (QED) is 0.735. The average Bonchev–Trinajstić information content (AvgIpc) is 3.18. The Kier molecular flexibility index (Phi) is 5.92. The molecular weight excluding hydrogens is 380 g/mol. The Morgan fingerprint density at radius 2 is 1.66 bits per heavy atom. The molecule has 2 amide bonds. The first-order valence-electron chi connectivity index (χ1n) is 8.74. The summed E-state index contributed by atoms with van der Waals surface area (Å²) in [6, 6.07) is 9.13. The molecule has 0 radical (unpaired) electrons. The van der Waals surface area contributed by atoms with Gasteiger partial charge in [0.15, 0.2) is 5.78 Å². The van der Waals surface area contributed by atoms with E-state index in [1.54, 1.807) is 24.3 Å². The number of Topliss-reactive ketones (excluding diaryl/α,β-unsaturated/α-hetero) is 1. The molecule has 0 atom stereocenters. The normalized spacial score (nSPS) is 12.8. The van der Waals surface area contributed by atoms with Crippen LogP contribution in [0, 0.1) is 11.6 Å². The summed E-state index contributed by atoms with van der Waals surface area (Å²) in [5.41, 5.74) is 1.38. The van der Waals surface area contributed by atoms with Gasteiger partial charge >= 0.3 is 0 Å². The summed E-state index contributed by atoms with van der Waals surface area (Å²) in [4.78, 5) is 40.3. The molecule has 1 aliphatic heterocycles. The third-order valence-electron chi connectivity index (χ3n) is 4.28. The van der Waals surface area contributed by atoms with E-state index in [-0.39, 0.29) is 29.7 Å². The molecule has 0 bridgehead atoms. The number of hydrogen-bond donors (Lipinski definition) is 2. The van der Waals surface area contributed by atoms with Gasteiger partial charge in [-0.05, 0) is 29.8 Å². The standard InChI is InChI=1S/C21H17F2N3O3/c1-24-21(29)19-17(6-7-25-19)20(28)26-16-4-2-12(3-5-16)8-18(27)13-9-14(22)11-15(23)10-13/h2-5,7,9-11H,6,8H2,1H3,(H,24,29)(H,26,28). The van der Waals surface area contributed by atoms with Crippen LogP contribution in [-0.2, 0) is 16.0 Å². The molecule has 3 rings (SSSR count). The number of amides is 2. The number of rotatable bonds is 6. The molecule has 0 aliphatic carbocycles. The van der Waals surface area contributed by atoms with Gasteiger partial charge in [0.05, 0.1) is 5.57 Å². The van der Waals surface area contributed by atoms with Crippen LogP contribution in [0.2, 0.25) is 0 Å². The molecule has 0 aromatic heterocycles. The second-order valence-corrected chi connectivity index (χ2v) is 6.33. The fraction of sp³-hybridized carbons (Fsp3) is 0.143. The van der Waals surface area contributed by atoms with Crippen LogP contribution >= 0.6 is 0 Å². The first-order valence-corrected chi connectivity index (χ1v) is 8.74. The van der Waals surface area contributed by atoms with E-state index in [0.717, 1.165) is 12.1 Å². The van der Waals surface area contributed by atoms with Crippen molar-refractivity contribution in [3.05, 3.63) is 76.5 Å². The molecule has 0 saturated carbocycles. The van der Waals surface area contributed by atoms with Gasteiger partial charge in [-0.25, -0.2) is 8.78 Å². The summed E-state index contributed by atoms with van der Waals surface area (Å²) >= 11 is 0. The lowest BCUT2D eigenvalue weighted by molar-refractivity contribution is -0.118. The molecule has 1 aliphatic rings. The summed E-state index contributed by atoms with van der Waals surface area (Å²) in [6.07, 6.45) is 1.70. The number of hydrogen-bond acceptors (Lipinski definition) is 4. The molecule has 6 nitrogen and oxygen atoms in total. The van der Waals surface area contributed by atoms with Crippen LogP contribution in [0.1, 0.15) is 22.3 Å². The second-order valence-electron chi connectivity index (χ2n) is 6.33. The lowest BCUT2D eigenvalue weighted by Crippen LogP contribution is -2.23. The van der Waals surface area contributed by atoms with Gasteiger partial charge in [0.2, 0.25) is 0 Å². The van der Waals surface area contributed by atoms with Crippen molar-refractivity contribution in [2.75, 3.05) is 12.4 Å². The van der Waals surface area contributed by atoms with E-state index in [1.807, 2.05) is 0 Å². The lowest BCUT2D eigenvalue weighted by Gasteiger charge is -2.08. The Morgan fingerprint density at radius 3 is 2.28 bits per heavy atom. The third kappa shape index (κ3) is 4.78. The highest BCUT2D eigenvalue weighted by Gasteiger charge is 2.23. The maximum absolute atomic E-state index is 13.3. The molecule has 2 aromatic carbocycles. The second kappa shape index (κ2) is 8.55. The van der Waals surface area contributed by atoms with E-state index in [1.165, 1.54) is 13.3 Å². The molecule has 8 heteroatoms. The van der Waals surface area contributed by atoms with Gasteiger partial charge in [0.1, 0.15) is 17.3 Å². The zero-order valence-electron chi connectivity index (χ0n) is 15.5. The minimum atomic E-state index is -0.812. The topological polar surface area (TPSA) is 87.6 Å². The highest BCUT2D eigenvalue weighted by Crippen LogP contribution is 2.19. The average molecular weight is 397 g/mol. The minimum absolute atomic E-state index is 0.0447. The predicted molar refractivity (Wildman–Crippen MR) is 104 cm³/mol. The fourth-order valence-corrected chi connectivity index (χ4v) is 2.83. The first kappa shape index (κ1) is 20.1. The molecule has 0 unspecified atom stereocenters. The van der Waals surface area contributed by atoms with Gasteiger partial charge in [-0.2, -0.15) is 0 Å². The molecule has 2 aromatic rings. The molecule has 148 valence electrons. The van der Waals surface area contributed by atoms with Crippen LogP contribution in [0.15, 0.2) is 58.7 Å². The number of ketones is 1. The molecule has 0 fully saturated rings. The van der Waals surface area contributed by atoms with Crippen molar-refractivity contribution in [1.29, 1.82) is 0 Å². The van der Waals surface area contributed by atoms with Crippen LogP contribution in [0.3, 0.4) is 0 Å². The van der Waals surface area contributed by atoms with E-state index in [2.05, 4.69) is 15.6 Å². The first-order chi connectivity index (χ1) is 13.9. The highest BCUT2D eigenvalue weighted by atomic mass is 19.1. The van der Waals surface area contributed by atoms with Crippen LogP contribution in [-0.4, -0.2) is 30.9 Å². The van der Waals surface area contributed by atoms with Crippen molar-refractivity contribution in [3.8, 4) is 0 Å². The third-order valence-corrected chi connectivity index (χ3v) is 4.28. The summed E-state index contributed by atoms with van der Waals surface area (Å²) in [5.74, 6) is -2.93. The maximum Gasteiger partial charge on any atom is 0.270 e. The zero-order valence-corrected chi connectivity index (χ0v) is 15.5. The molecule has 2 N–H and O–H groups in total. The van der Waals surface area contributed by atoms with Crippen molar-refractivity contribution in [2.24, 2.45) is 4.99 Å². The van der Waals surface area contributed by atoms with E-state index < -0.39 is 29.2 Å². The lowest BCUT2D eigenvalue weighted by atomic mass is 10.0. The van der Waals surface area contributed by atoms with Gasteiger partial charge in [-0.15, -0.1) is 0 Å². The number of halogens is 2. The molecule has 29 heavy (non-hydrogen) atoms. The van der Waals surface area contributed by atoms with Crippen molar-refractivity contribution in [2.45, 2.75) is 12.8 Å². The van der Waals surface area contributed by atoms with E-state index in [4.69, 9.17) is 0 Å². The summed E-state index contributed by atoms with van der Waals surface area (Å²) in [5, 5.41) is 5.11. The van der Waals surface area contributed by atoms with Gasteiger partial charge in [-0.3, -0.25) is 19.4 Å². The fourth-order valence-electron chi connectivity index (χ4n) is 2.83. The number of carbonyl (C=O) groups excluding carboxylic acids is 3. The van der Waals surface area contributed by atoms with Gasteiger partial charge in [0, 0.05) is 43.4 Å². The van der Waals surface area contributed by atoms with Crippen molar-refractivity contribution >= 4 is 29.5 Å². The summed E-state index contributed by atoms with van der Waals surface area (Å²) in [7, 11) is 1.46.